The molecule has 1 unspecified atom stereocenters. The van der Waals surface area contributed by atoms with Crippen LogP contribution < -0.4 is 9.84 Å². The number of esters is 2. The lowest BCUT2D eigenvalue weighted by atomic mass is 9.47. The van der Waals surface area contributed by atoms with Crippen LogP contribution in [0.4, 0.5) is 22.0 Å². The summed E-state index contributed by atoms with van der Waals surface area (Å²) in [7, 11) is 0. The van der Waals surface area contributed by atoms with E-state index in [0.717, 1.165) is 25.3 Å². The fourth-order valence-electron chi connectivity index (χ4n) is 6.33. The molecule has 0 heterocycles. The van der Waals surface area contributed by atoms with Crippen LogP contribution in [0.1, 0.15) is 48.9 Å². The lowest BCUT2D eigenvalue weighted by Crippen LogP contribution is -2.62. The smallest absolute Gasteiger partial charge is 0.491 e. The van der Waals surface area contributed by atoms with Crippen molar-refractivity contribution in [3.8, 4) is 5.75 Å². The van der Waals surface area contributed by atoms with Crippen LogP contribution in [0.25, 0.3) is 0 Å². The number of hydrogen-bond acceptors (Lipinski definition) is 6. The van der Waals surface area contributed by atoms with Crippen molar-refractivity contribution >= 4 is 63.1 Å². The Bertz CT molecular complexity index is 1040. The number of ether oxygens (including phenoxy) is 2. The fraction of sp³-hybridized carbons (Fsp3) is 0.591. The first-order valence-electron chi connectivity index (χ1n) is 10.7. The highest BCUT2D eigenvalue weighted by Gasteiger charge is 2.63. The number of halogens is 7. The van der Waals surface area contributed by atoms with E-state index in [4.69, 9.17) is 4.74 Å². The summed E-state index contributed by atoms with van der Waals surface area (Å²) in [6, 6.07) is 2.33. The standard InChI is InChI=1S/C22H19F5I2O6/c23-21(24,18(31)32)17(20-6-9-1-10(7-20)3-11(2-9)8-20)35-16(30)13-4-12(28)5-14(29)15(13)34-19(33)22(25,26)27/h4-5,9-11,17H,1-3,6-8H2,(H,31,32)/p-1. The van der Waals surface area contributed by atoms with E-state index in [9.17, 15) is 32.7 Å². The molecule has 1 atom stereocenters. The van der Waals surface area contributed by atoms with Crippen molar-refractivity contribution in [2.45, 2.75) is 56.7 Å². The van der Waals surface area contributed by atoms with E-state index in [0.29, 0.717) is 3.57 Å². The number of aliphatic carboxylic acids is 1. The van der Waals surface area contributed by atoms with Gasteiger partial charge in [0.2, 0.25) is 0 Å². The first-order valence-corrected chi connectivity index (χ1v) is 12.9. The van der Waals surface area contributed by atoms with Gasteiger partial charge in [-0.15, -0.1) is 0 Å². The molecule has 5 rings (SSSR count). The van der Waals surface area contributed by atoms with Crippen LogP contribution in [0.2, 0.25) is 0 Å². The first-order chi connectivity index (χ1) is 16.1. The monoisotopic (exact) mass is 727 g/mol. The quantitative estimate of drug-likeness (QED) is 0.186. The summed E-state index contributed by atoms with van der Waals surface area (Å²) in [6.45, 7) is 0. The highest BCUT2D eigenvalue weighted by Crippen LogP contribution is 2.63. The Balaban J connectivity index is 1.72. The third-order valence-corrected chi connectivity index (χ3v) is 8.55. The molecule has 4 aliphatic rings. The molecule has 0 saturated heterocycles. The Morgan fingerprint density at radius 3 is 1.94 bits per heavy atom. The first kappa shape index (κ1) is 26.8. The third kappa shape index (κ3) is 5.12. The minimum atomic E-state index is -5.38. The predicted octanol–water partition coefficient (Wildman–Crippen LogP) is 4.49. The predicted molar refractivity (Wildman–Crippen MR) is 123 cm³/mol. The highest BCUT2D eigenvalue weighted by atomic mass is 127. The summed E-state index contributed by atoms with van der Waals surface area (Å²) in [4.78, 5) is 36.0. The maximum absolute atomic E-state index is 15.0. The summed E-state index contributed by atoms with van der Waals surface area (Å²) in [5, 5.41) is 11.5. The molecule has 6 nitrogen and oxygen atoms in total. The Morgan fingerprint density at radius 1 is 0.971 bits per heavy atom. The molecule has 192 valence electrons. The molecule has 0 aliphatic heterocycles. The van der Waals surface area contributed by atoms with Crippen molar-refractivity contribution in [1.29, 1.82) is 0 Å². The van der Waals surface area contributed by atoms with Gasteiger partial charge >= 0.3 is 24.0 Å². The largest absolute Gasteiger partial charge is 0.544 e. The summed E-state index contributed by atoms with van der Waals surface area (Å²) in [6.07, 6.45) is -4.51. The van der Waals surface area contributed by atoms with Crippen molar-refractivity contribution in [1.82, 2.24) is 0 Å². The van der Waals surface area contributed by atoms with Crippen LogP contribution in [-0.2, 0) is 14.3 Å². The van der Waals surface area contributed by atoms with Gasteiger partial charge in [-0.2, -0.15) is 22.0 Å². The van der Waals surface area contributed by atoms with E-state index in [1.165, 1.54) is 28.7 Å². The highest BCUT2D eigenvalue weighted by molar-refractivity contribution is 14.1. The zero-order valence-electron chi connectivity index (χ0n) is 17.8. The Hall–Kier alpha value is -1.26. The molecule has 4 bridgehead atoms. The maximum Gasteiger partial charge on any atom is 0.491 e. The molecule has 0 radical (unpaired) electrons. The number of carboxylic acids is 1. The summed E-state index contributed by atoms with van der Waals surface area (Å²) >= 11 is 3.27. The van der Waals surface area contributed by atoms with E-state index in [-0.39, 0.29) is 40.6 Å². The minimum absolute atomic E-state index is 0.0722. The van der Waals surface area contributed by atoms with Gasteiger partial charge in [0.1, 0.15) is 11.5 Å². The van der Waals surface area contributed by atoms with Crippen LogP contribution in [0.15, 0.2) is 12.1 Å². The van der Waals surface area contributed by atoms with Gasteiger partial charge in [0.25, 0.3) is 0 Å². The van der Waals surface area contributed by atoms with Crippen molar-refractivity contribution < 1.29 is 50.9 Å². The second-order valence-corrected chi connectivity index (χ2v) is 12.0. The summed E-state index contributed by atoms with van der Waals surface area (Å²) in [5.41, 5.74) is -1.99. The van der Waals surface area contributed by atoms with E-state index in [2.05, 4.69) is 4.74 Å². The summed E-state index contributed by atoms with van der Waals surface area (Å²) < 4.78 is 78.3. The third-order valence-electron chi connectivity index (χ3n) is 7.12. The molecule has 4 saturated carbocycles. The van der Waals surface area contributed by atoms with Gasteiger partial charge in [-0.25, -0.2) is 9.59 Å². The van der Waals surface area contributed by atoms with Gasteiger partial charge in [-0.1, -0.05) is 0 Å². The van der Waals surface area contributed by atoms with Crippen molar-refractivity contribution in [2.75, 3.05) is 0 Å². The molecule has 0 amide bonds. The molecule has 0 N–H and O–H groups in total. The molecule has 35 heavy (non-hydrogen) atoms. The molecule has 0 aromatic heterocycles. The SMILES string of the molecule is O=C(OC(C12CC3CC(CC(C3)C1)C2)C(F)(F)C(=O)[O-])c1cc(I)cc(I)c1OC(=O)C(F)(F)F. The van der Waals surface area contributed by atoms with E-state index in [1.54, 1.807) is 22.6 Å². The zero-order chi connectivity index (χ0) is 25.9. The number of carbonyl (C=O) groups excluding carboxylic acids is 3. The second kappa shape index (κ2) is 9.24. The molecular weight excluding hydrogens is 709 g/mol. The average molecular weight is 727 g/mol. The van der Waals surface area contributed by atoms with E-state index >= 15 is 8.78 Å². The lowest BCUT2D eigenvalue weighted by molar-refractivity contribution is -0.342. The van der Waals surface area contributed by atoms with Gasteiger partial charge < -0.3 is 19.4 Å². The van der Waals surface area contributed by atoms with Crippen LogP contribution in [0.5, 0.6) is 5.75 Å². The summed E-state index contributed by atoms with van der Waals surface area (Å²) in [5.74, 6) is -11.9. The molecule has 4 aliphatic carbocycles. The zero-order valence-corrected chi connectivity index (χ0v) is 22.1. The number of rotatable bonds is 6. The molecule has 0 spiro atoms. The number of carboxylic acid groups (broad SMARTS) is 1. The molecule has 1 aromatic carbocycles. The molecule has 4 fully saturated rings. The van der Waals surface area contributed by atoms with Gasteiger partial charge in [-0.05, 0) is 114 Å². The van der Waals surface area contributed by atoms with Crippen molar-refractivity contribution in [3.05, 3.63) is 24.8 Å². The van der Waals surface area contributed by atoms with Gasteiger partial charge in [0.05, 0.1) is 3.57 Å². The van der Waals surface area contributed by atoms with Crippen LogP contribution in [0.3, 0.4) is 0 Å². The van der Waals surface area contributed by atoms with Crippen LogP contribution in [0, 0.1) is 30.3 Å². The number of alkyl halides is 5. The van der Waals surface area contributed by atoms with E-state index in [1.807, 2.05) is 0 Å². The number of benzene rings is 1. The molecule has 13 heteroatoms. The van der Waals surface area contributed by atoms with Crippen LogP contribution in [-0.4, -0.2) is 36.1 Å². The second-order valence-electron chi connectivity index (χ2n) is 9.63. The van der Waals surface area contributed by atoms with Crippen LogP contribution >= 0.6 is 45.2 Å². The van der Waals surface area contributed by atoms with Crippen molar-refractivity contribution in [2.24, 2.45) is 23.2 Å². The van der Waals surface area contributed by atoms with Gasteiger partial charge in [0, 0.05) is 8.99 Å². The van der Waals surface area contributed by atoms with Gasteiger partial charge in [0.15, 0.2) is 11.9 Å². The molecular formula is C22H18F5I2O6-. The number of hydrogen-bond donors (Lipinski definition) is 0. The van der Waals surface area contributed by atoms with Gasteiger partial charge in [-0.3, -0.25) is 0 Å². The Morgan fingerprint density at radius 2 is 1.49 bits per heavy atom. The molecule has 1 aromatic rings. The Kier molecular flexibility index (Phi) is 7.07. The maximum atomic E-state index is 15.0. The van der Waals surface area contributed by atoms with E-state index < -0.39 is 52.8 Å². The number of carbonyl (C=O) groups is 3. The minimum Gasteiger partial charge on any atom is -0.544 e. The normalized spacial score (nSPS) is 28.5. The van der Waals surface area contributed by atoms with Crippen molar-refractivity contribution in [3.63, 3.8) is 0 Å². The lowest BCUT2D eigenvalue weighted by Gasteiger charge is -2.59. The fourth-order valence-corrected chi connectivity index (χ4v) is 8.28. The topological polar surface area (TPSA) is 92.7 Å². The Labute approximate surface area is 223 Å². The average Bonchev–Trinajstić information content (AvgIpc) is 2.71.